The third-order valence-electron chi connectivity index (χ3n) is 4.12. The number of ether oxygens (including phenoxy) is 1. The highest BCUT2D eigenvalue weighted by Crippen LogP contribution is 2.41. The molecular formula is C16H16ClN3O3. The van der Waals surface area contributed by atoms with Gasteiger partial charge in [-0.1, -0.05) is 17.7 Å². The highest BCUT2D eigenvalue weighted by Gasteiger charge is 2.49. The van der Waals surface area contributed by atoms with Crippen LogP contribution in [0.4, 0.5) is 4.79 Å². The number of halogens is 1. The van der Waals surface area contributed by atoms with Crippen molar-refractivity contribution in [3.8, 4) is 16.9 Å². The lowest BCUT2D eigenvalue weighted by atomic mass is 10.1. The van der Waals surface area contributed by atoms with Gasteiger partial charge < -0.3 is 14.7 Å². The van der Waals surface area contributed by atoms with Gasteiger partial charge in [0.25, 0.3) is 0 Å². The summed E-state index contributed by atoms with van der Waals surface area (Å²) in [6.07, 6.45) is 5.57. The zero-order valence-electron chi connectivity index (χ0n) is 12.6. The summed E-state index contributed by atoms with van der Waals surface area (Å²) in [5, 5.41) is 9.49. The largest absolute Gasteiger partial charge is 0.489 e. The lowest BCUT2D eigenvalue weighted by molar-refractivity contribution is 0.109. The summed E-state index contributed by atoms with van der Waals surface area (Å²) in [5.41, 5.74) is 1.15. The van der Waals surface area contributed by atoms with E-state index in [2.05, 4.69) is 9.97 Å². The summed E-state index contributed by atoms with van der Waals surface area (Å²) in [7, 11) is 1.57. The lowest BCUT2D eigenvalue weighted by Crippen LogP contribution is -2.42. The number of rotatable bonds is 5. The zero-order valence-corrected chi connectivity index (χ0v) is 13.3. The van der Waals surface area contributed by atoms with Gasteiger partial charge in [-0.05, 0) is 25.0 Å². The number of hydrogen-bond acceptors (Lipinski definition) is 4. The van der Waals surface area contributed by atoms with Crippen LogP contribution in [-0.4, -0.2) is 45.3 Å². The molecule has 1 fully saturated rings. The van der Waals surface area contributed by atoms with E-state index in [1.807, 2.05) is 12.1 Å². The molecule has 2 aromatic heterocycles. The Bertz CT molecular complexity index is 720. The second-order valence-electron chi connectivity index (χ2n) is 5.61. The summed E-state index contributed by atoms with van der Waals surface area (Å²) in [5.74, 6) is 0.554. The summed E-state index contributed by atoms with van der Waals surface area (Å²) in [4.78, 5) is 20.6. The minimum Gasteiger partial charge on any atom is -0.489 e. The topological polar surface area (TPSA) is 75.6 Å². The minimum atomic E-state index is -0.948. The first-order valence-electron chi connectivity index (χ1n) is 7.17. The first kappa shape index (κ1) is 15.6. The van der Waals surface area contributed by atoms with Crippen LogP contribution in [-0.2, 0) is 0 Å². The lowest BCUT2D eigenvalue weighted by Gasteiger charge is -2.25. The molecule has 6 nitrogen and oxygen atoms in total. The number of nitrogens with zero attached hydrogens (tertiary/aromatic N) is 3. The number of amides is 1. The number of carbonyl (C=O) groups is 1. The average Bonchev–Trinajstić information content (AvgIpc) is 3.35. The molecule has 0 aromatic carbocycles. The van der Waals surface area contributed by atoms with E-state index >= 15 is 0 Å². The Morgan fingerprint density at radius 3 is 2.87 bits per heavy atom. The van der Waals surface area contributed by atoms with Gasteiger partial charge in [-0.3, -0.25) is 4.98 Å². The highest BCUT2D eigenvalue weighted by molar-refractivity contribution is 6.32. The number of likely N-dealkylation sites (N-methyl/N-ethyl adjacent to an activating group) is 1. The molecule has 0 atom stereocenters. The molecule has 3 rings (SSSR count). The van der Waals surface area contributed by atoms with Crippen molar-refractivity contribution in [3.63, 3.8) is 0 Å². The average molecular weight is 334 g/mol. The van der Waals surface area contributed by atoms with E-state index in [1.54, 1.807) is 31.7 Å². The molecule has 0 saturated heterocycles. The third kappa shape index (κ3) is 3.22. The smallest absolute Gasteiger partial charge is 0.407 e. The van der Waals surface area contributed by atoms with E-state index in [0.717, 1.165) is 24.0 Å². The third-order valence-corrected chi connectivity index (χ3v) is 4.42. The van der Waals surface area contributed by atoms with Crippen LogP contribution in [0.5, 0.6) is 5.75 Å². The van der Waals surface area contributed by atoms with Crippen molar-refractivity contribution in [2.45, 2.75) is 18.4 Å². The van der Waals surface area contributed by atoms with Crippen LogP contribution in [0.2, 0.25) is 5.15 Å². The van der Waals surface area contributed by atoms with E-state index in [4.69, 9.17) is 21.4 Å². The molecule has 0 spiro atoms. The standard InChI is InChI=1S/C16H16ClN3O3/c1-20(15(21)22)16(4-5-16)10-23-12-7-13(14(17)19-9-12)11-3-2-6-18-8-11/h2-3,6-9H,4-5,10H2,1H3,(H,21,22). The van der Waals surface area contributed by atoms with Gasteiger partial charge in [-0.25, -0.2) is 9.78 Å². The van der Waals surface area contributed by atoms with Gasteiger partial charge in [0.1, 0.15) is 17.5 Å². The number of pyridine rings is 2. The molecule has 0 bridgehead atoms. The van der Waals surface area contributed by atoms with E-state index < -0.39 is 11.6 Å². The van der Waals surface area contributed by atoms with E-state index in [9.17, 15) is 4.79 Å². The SMILES string of the molecule is CN(C(=O)O)C1(COc2cnc(Cl)c(-c3cccnc3)c2)CC1. The Kier molecular flexibility index (Phi) is 4.09. The maximum absolute atomic E-state index is 11.1. The maximum atomic E-state index is 11.1. The Balaban J connectivity index is 1.76. The molecule has 0 radical (unpaired) electrons. The molecule has 0 aliphatic heterocycles. The molecule has 1 saturated carbocycles. The Morgan fingerprint density at radius 2 is 2.26 bits per heavy atom. The zero-order chi connectivity index (χ0) is 16.4. The molecule has 1 aliphatic rings. The van der Waals surface area contributed by atoms with Crippen molar-refractivity contribution in [2.24, 2.45) is 0 Å². The van der Waals surface area contributed by atoms with Crippen LogP contribution in [0.1, 0.15) is 12.8 Å². The van der Waals surface area contributed by atoms with E-state index in [1.165, 1.54) is 4.90 Å². The molecule has 0 unspecified atom stereocenters. The molecule has 120 valence electrons. The van der Waals surface area contributed by atoms with Crippen molar-refractivity contribution in [2.75, 3.05) is 13.7 Å². The van der Waals surface area contributed by atoms with E-state index in [-0.39, 0.29) is 0 Å². The molecule has 1 aliphatic carbocycles. The quantitative estimate of drug-likeness (QED) is 0.849. The molecule has 1 amide bonds. The fourth-order valence-electron chi connectivity index (χ4n) is 2.37. The van der Waals surface area contributed by atoms with Crippen LogP contribution in [0.25, 0.3) is 11.1 Å². The predicted octanol–water partition coefficient (Wildman–Crippen LogP) is 3.32. The van der Waals surface area contributed by atoms with Crippen molar-refractivity contribution in [1.29, 1.82) is 0 Å². The van der Waals surface area contributed by atoms with Gasteiger partial charge >= 0.3 is 6.09 Å². The predicted molar refractivity (Wildman–Crippen MR) is 85.7 cm³/mol. The molecular weight excluding hydrogens is 318 g/mol. The first-order chi connectivity index (χ1) is 11.0. The normalized spacial score (nSPS) is 15.0. The van der Waals surface area contributed by atoms with Gasteiger partial charge in [0.15, 0.2) is 0 Å². The highest BCUT2D eigenvalue weighted by atomic mass is 35.5. The van der Waals surface area contributed by atoms with Crippen LogP contribution in [0.3, 0.4) is 0 Å². The second kappa shape index (κ2) is 6.04. The van der Waals surface area contributed by atoms with Gasteiger partial charge in [0.05, 0.1) is 11.7 Å². The molecule has 1 N–H and O–H groups in total. The Morgan fingerprint density at radius 1 is 1.48 bits per heavy atom. The summed E-state index contributed by atoms with van der Waals surface area (Å²) >= 11 is 6.14. The molecule has 23 heavy (non-hydrogen) atoms. The fourth-order valence-corrected chi connectivity index (χ4v) is 2.59. The van der Waals surface area contributed by atoms with Crippen molar-refractivity contribution < 1.29 is 14.6 Å². The van der Waals surface area contributed by atoms with Crippen molar-refractivity contribution >= 4 is 17.7 Å². The molecule has 7 heteroatoms. The van der Waals surface area contributed by atoms with Gasteiger partial charge in [0.2, 0.25) is 0 Å². The second-order valence-corrected chi connectivity index (χ2v) is 5.96. The summed E-state index contributed by atoms with van der Waals surface area (Å²) in [6.45, 7) is 0.297. The molecule has 2 heterocycles. The van der Waals surface area contributed by atoms with Crippen LogP contribution in [0, 0.1) is 0 Å². The van der Waals surface area contributed by atoms with Crippen LogP contribution >= 0.6 is 11.6 Å². The van der Waals surface area contributed by atoms with Crippen LogP contribution < -0.4 is 4.74 Å². The molecule has 2 aromatic rings. The van der Waals surface area contributed by atoms with Crippen molar-refractivity contribution in [3.05, 3.63) is 41.9 Å². The summed E-state index contributed by atoms with van der Waals surface area (Å²) in [6, 6.07) is 5.50. The van der Waals surface area contributed by atoms with Crippen molar-refractivity contribution in [1.82, 2.24) is 14.9 Å². The minimum absolute atomic E-state index is 0.297. The van der Waals surface area contributed by atoms with Gasteiger partial charge in [0, 0.05) is 30.6 Å². The summed E-state index contributed by atoms with van der Waals surface area (Å²) < 4.78 is 5.78. The Hall–Kier alpha value is -2.34. The van der Waals surface area contributed by atoms with E-state index in [0.29, 0.717) is 17.5 Å². The van der Waals surface area contributed by atoms with Gasteiger partial charge in [-0.15, -0.1) is 0 Å². The number of hydrogen-bond donors (Lipinski definition) is 1. The number of carboxylic acid groups (broad SMARTS) is 1. The Labute approximate surface area is 138 Å². The van der Waals surface area contributed by atoms with Crippen LogP contribution in [0.15, 0.2) is 36.8 Å². The maximum Gasteiger partial charge on any atom is 0.407 e. The number of aromatic nitrogens is 2. The van der Waals surface area contributed by atoms with Gasteiger partial charge in [-0.2, -0.15) is 0 Å². The first-order valence-corrected chi connectivity index (χ1v) is 7.55. The monoisotopic (exact) mass is 333 g/mol. The fraction of sp³-hybridized carbons (Fsp3) is 0.312.